The first-order chi connectivity index (χ1) is 22.2. The normalized spacial score (nSPS) is 15.8. The van der Waals surface area contributed by atoms with Crippen LogP contribution in [0.1, 0.15) is 33.9 Å². The third-order valence-corrected chi connectivity index (χ3v) is 10.2. The maximum Gasteiger partial charge on any atom is 0.301 e. The molecule has 1 fully saturated rings. The summed E-state index contributed by atoms with van der Waals surface area (Å²) in [5, 5.41) is 20.6. The summed E-state index contributed by atoms with van der Waals surface area (Å²) in [5.74, 6) is -1.38. The van der Waals surface area contributed by atoms with Gasteiger partial charge in [-0.1, -0.05) is 88.8 Å². The summed E-state index contributed by atoms with van der Waals surface area (Å²) in [6.45, 7) is 2.38. The van der Waals surface area contributed by atoms with E-state index in [-0.39, 0.29) is 27.3 Å². The Bertz CT molecular complexity index is 1970. The standard InChI is InChI=1S/C34H24Cl2FN3O4S2/c1-19-4-2-3-5-23(19)17-44-25-13-8-21(9-14-25)30(41)28-29(22-10-15-26(35)27(36)16-22)40(32(43)31(28)42)33-38-39-34(46-33)45-18-20-6-11-24(37)12-7-20/h2-16,29,41H,17-18H2,1H3. The van der Waals surface area contributed by atoms with Gasteiger partial charge in [0.15, 0.2) is 4.34 Å². The number of carbonyl (C=O) groups excluding carboxylic acids is 2. The second-order valence-electron chi connectivity index (χ2n) is 10.3. The average Bonchev–Trinajstić information content (AvgIpc) is 3.63. The van der Waals surface area contributed by atoms with Crippen molar-refractivity contribution >= 4 is 68.9 Å². The molecule has 1 unspecified atom stereocenters. The van der Waals surface area contributed by atoms with Gasteiger partial charge in [0, 0.05) is 11.3 Å². The molecule has 0 radical (unpaired) electrons. The Labute approximate surface area is 282 Å². The summed E-state index contributed by atoms with van der Waals surface area (Å²) < 4.78 is 19.8. The van der Waals surface area contributed by atoms with E-state index in [1.165, 1.54) is 28.8 Å². The fraction of sp³-hybridized carbons (Fsp3) is 0.118. The molecule has 1 amide bonds. The Morgan fingerprint density at radius 3 is 2.43 bits per heavy atom. The smallest absolute Gasteiger partial charge is 0.301 e. The predicted octanol–water partition coefficient (Wildman–Crippen LogP) is 8.79. The van der Waals surface area contributed by atoms with Gasteiger partial charge in [0.05, 0.1) is 21.7 Å². The van der Waals surface area contributed by atoms with Crippen molar-refractivity contribution in [3.8, 4) is 5.75 Å². The van der Waals surface area contributed by atoms with Crippen molar-refractivity contribution in [2.75, 3.05) is 4.90 Å². The van der Waals surface area contributed by atoms with Crippen molar-refractivity contribution in [3.63, 3.8) is 0 Å². The molecule has 232 valence electrons. The molecule has 1 atom stereocenters. The molecule has 5 aromatic rings. The van der Waals surface area contributed by atoms with Crippen molar-refractivity contribution in [3.05, 3.63) is 140 Å². The molecule has 1 aliphatic rings. The molecule has 1 aromatic heterocycles. The van der Waals surface area contributed by atoms with Gasteiger partial charge < -0.3 is 9.84 Å². The van der Waals surface area contributed by atoms with E-state index >= 15 is 0 Å². The molecular weight excluding hydrogens is 668 g/mol. The van der Waals surface area contributed by atoms with E-state index in [9.17, 15) is 19.1 Å². The minimum absolute atomic E-state index is 0.132. The molecule has 0 spiro atoms. The summed E-state index contributed by atoms with van der Waals surface area (Å²) in [6, 6.07) is 24.3. The number of carbonyl (C=O) groups is 2. The van der Waals surface area contributed by atoms with E-state index in [0.29, 0.717) is 38.6 Å². The second kappa shape index (κ2) is 13.6. The van der Waals surface area contributed by atoms with Crippen LogP contribution in [-0.4, -0.2) is 27.0 Å². The van der Waals surface area contributed by atoms with E-state index in [0.717, 1.165) is 28.0 Å². The molecule has 7 nitrogen and oxygen atoms in total. The summed E-state index contributed by atoms with van der Waals surface area (Å²) in [4.78, 5) is 28.3. The maximum atomic E-state index is 13.6. The Hall–Kier alpha value is -4.22. The predicted molar refractivity (Wildman–Crippen MR) is 179 cm³/mol. The number of aromatic nitrogens is 2. The number of ether oxygens (including phenoxy) is 1. The number of amides is 1. The van der Waals surface area contributed by atoms with Crippen LogP contribution in [0.4, 0.5) is 9.52 Å². The quantitative estimate of drug-likeness (QED) is 0.0543. The minimum Gasteiger partial charge on any atom is -0.507 e. The molecule has 0 bridgehead atoms. The molecule has 0 saturated carbocycles. The molecule has 6 rings (SSSR count). The van der Waals surface area contributed by atoms with E-state index in [1.54, 1.807) is 54.6 Å². The number of rotatable bonds is 9. The molecular formula is C34H24Cl2FN3O4S2. The van der Waals surface area contributed by atoms with Crippen molar-refractivity contribution in [2.45, 2.75) is 29.7 Å². The molecule has 1 saturated heterocycles. The molecule has 4 aromatic carbocycles. The minimum atomic E-state index is -1.06. The van der Waals surface area contributed by atoms with Gasteiger partial charge in [-0.3, -0.25) is 14.5 Å². The monoisotopic (exact) mass is 691 g/mol. The summed E-state index contributed by atoms with van der Waals surface area (Å²) in [5.41, 5.74) is 3.67. The second-order valence-corrected chi connectivity index (χ2v) is 13.3. The number of hydrogen-bond acceptors (Lipinski definition) is 8. The van der Waals surface area contributed by atoms with E-state index in [2.05, 4.69) is 10.2 Å². The number of nitrogens with zero attached hydrogens (tertiary/aromatic N) is 3. The highest BCUT2D eigenvalue weighted by molar-refractivity contribution is 8.00. The van der Waals surface area contributed by atoms with Gasteiger partial charge >= 0.3 is 5.91 Å². The zero-order valence-electron chi connectivity index (χ0n) is 24.1. The summed E-state index contributed by atoms with van der Waals surface area (Å²) >= 11 is 15.0. The number of benzene rings is 4. The van der Waals surface area contributed by atoms with Crippen LogP contribution in [0.25, 0.3) is 5.76 Å². The van der Waals surface area contributed by atoms with E-state index in [1.807, 2.05) is 31.2 Å². The lowest BCUT2D eigenvalue weighted by Gasteiger charge is -2.23. The number of anilines is 1. The van der Waals surface area contributed by atoms with Gasteiger partial charge in [0.25, 0.3) is 5.78 Å². The fourth-order valence-electron chi connectivity index (χ4n) is 4.91. The van der Waals surface area contributed by atoms with Crippen LogP contribution in [0, 0.1) is 12.7 Å². The van der Waals surface area contributed by atoms with Crippen molar-refractivity contribution in [2.24, 2.45) is 0 Å². The van der Waals surface area contributed by atoms with Crippen molar-refractivity contribution in [1.29, 1.82) is 0 Å². The van der Waals surface area contributed by atoms with Crippen molar-refractivity contribution < 1.29 is 23.8 Å². The highest BCUT2D eigenvalue weighted by Crippen LogP contribution is 2.45. The zero-order chi connectivity index (χ0) is 32.4. The lowest BCUT2D eigenvalue weighted by Crippen LogP contribution is -2.29. The number of aliphatic hydroxyl groups excluding tert-OH is 1. The summed E-state index contributed by atoms with van der Waals surface area (Å²) in [6.07, 6.45) is 0. The zero-order valence-corrected chi connectivity index (χ0v) is 27.3. The van der Waals surface area contributed by atoms with Gasteiger partial charge in [0.1, 0.15) is 23.9 Å². The van der Waals surface area contributed by atoms with E-state index in [4.69, 9.17) is 27.9 Å². The van der Waals surface area contributed by atoms with Crippen molar-refractivity contribution in [1.82, 2.24) is 10.2 Å². The first kappa shape index (κ1) is 31.7. The van der Waals surface area contributed by atoms with Gasteiger partial charge in [-0.2, -0.15) is 0 Å². The highest BCUT2D eigenvalue weighted by atomic mass is 35.5. The third-order valence-electron chi connectivity index (χ3n) is 7.36. The molecule has 46 heavy (non-hydrogen) atoms. The number of hydrogen-bond donors (Lipinski definition) is 1. The van der Waals surface area contributed by atoms with Crippen LogP contribution >= 0.6 is 46.3 Å². The number of ketones is 1. The highest BCUT2D eigenvalue weighted by Gasteiger charge is 2.48. The Balaban J connectivity index is 1.31. The number of halogens is 3. The van der Waals surface area contributed by atoms with E-state index < -0.39 is 17.7 Å². The fourth-order valence-corrected chi connectivity index (χ4v) is 7.04. The van der Waals surface area contributed by atoms with Gasteiger partial charge in [0.2, 0.25) is 5.13 Å². The Kier molecular flexibility index (Phi) is 9.42. The number of Topliss-reactive ketones (excluding diaryl/α,β-unsaturated/α-hetero) is 1. The molecule has 12 heteroatoms. The third kappa shape index (κ3) is 6.66. The first-order valence-corrected chi connectivity index (χ1v) is 16.5. The SMILES string of the molecule is Cc1ccccc1COc1ccc(C(O)=C2C(=O)C(=O)N(c3nnc(SCc4ccc(F)cc4)s3)C2c2ccc(Cl)c(Cl)c2)cc1. The van der Waals surface area contributed by atoms with Gasteiger partial charge in [-0.05, 0) is 77.7 Å². The van der Waals surface area contributed by atoms with Crippen LogP contribution in [-0.2, 0) is 21.9 Å². The Morgan fingerprint density at radius 2 is 1.72 bits per heavy atom. The Morgan fingerprint density at radius 1 is 0.978 bits per heavy atom. The van der Waals surface area contributed by atoms with Gasteiger partial charge in [-0.15, -0.1) is 10.2 Å². The molecule has 2 heterocycles. The maximum absolute atomic E-state index is 13.6. The largest absolute Gasteiger partial charge is 0.507 e. The molecule has 0 aliphatic carbocycles. The first-order valence-electron chi connectivity index (χ1n) is 13.9. The van der Waals surface area contributed by atoms with Gasteiger partial charge in [-0.25, -0.2) is 4.39 Å². The summed E-state index contributed by atoms with van der Waals surface area (Å²) in [7, 11) is 0. The topological polar surface area (TPSA) is 92.6 Å². The lowest BCUT2D eigenvalue weighted by molar-refractivity contribution is -0.132. The lowest BCUT2D eigenvalue weighted by atomic mass is 9.95. The molecule has 1 aliphatic heterocycles. The molecule has 1 N–H and O–H groups in total. The van der Waals surface area contributed by atoms with Crippen LogP contribution in [0.3, 0.4) is 0 Å². The average molecular weight is 693 g/mol. The van der Waals surface area contributed by atoms with Crippen LogP contribution in [0.15, 0.2) is 101 Å². The number of thioether (sulfide) groups is 1. The number of aliphatic hydroxyl groups is 1. The van der Waals surface area contributed by atoms with Crippen LogP contribution in [0.5, 0.6) is 5.75 Å². The van der Waals surface area contributed by atoms with Crippen LogP contribution < -0.4 is 9.64 Å². The van der Waals surface area contributed by atoms with Crippen LogP contribution in [0.2, 0.25) is 10.0 Å². The number of aryl methyl sites for hydroxylation is 1.